The number of para-hydroxylation sites is 1. The number of likely N-dealkylation sites (N-methyl/N-ethyl adjacent to an activating group) is 1. The molecule has 9 heteroatoms. The molecule has 33 heavy (non-hydrogen) atoms. The smallest absolute Gasteiger partial charge is 0.340 e. The predicted molar refractivity (Wildman–Crippen MR) is 118 cm³/mol. The van der Waals surface area contributed by atoms with E-state index in [1.54, 1.807) is 56.4 Å². The van der Waals surface area contributed by atoms with Crippen molar-refractivity contribution in [2.24, 2.45) is 5.73 Å². The van der Waals surface area contributed by atoms with Gasteiger partial charge in [0.1, 0.15) is 22.5 Å². The number of aromatic nitrogens is 1. The van der Waals surface area contributed by atoms with Crippen LogP contribution in [-0.2, 0) is 26.3 Å². The Morgan fingerprint density at radius 2 is 1.94 bits per heavy atom. The van der Waals surface area contributed by atoms with E-state index >= 15 is 0 Å². The van der Waals surface area contributed by atoms with E-state index in [1.807, 2.05) is 0 Å². The van der Waals surface area contributed by atoms with Gasteiger partial charge in [0.25, 0.3) is 5.56 Å². The number of hydrogen-bond donors (Lipinski definition) is 1. The van der Waals surface area contributed by atoms with Gasteiger partial charge in [-0.3, -0.25) is 9.59 Å². The molecule has 0 saturated heterocycles. The summed E-state index contributed by atoms with van der Waals surface area (Å²) in [5, 5.41) is 0. The maximum atomic E-state index is 14.0. The zero-order chi connectivity index (χ0) is 23.5. The molecule has 2 aliphatic heterocycles. The number of hydrogen-bond acceptors (Lipinski definition) is 7. The second kappa shape index (κ2) is 7.13. The lowest BCUT2D eigenvalue weighted by Crippen LogP contribution is -2.51. The first-order valence-corrected chi connectivity index (χ1v) is 10.2. The molecule has 1 atom stereocenters. The molecule has 2 N–H and O–H groups in total. The summed E-state index contributed by atoms with van der Waals surface area (Å²) in [4.78, 5) is 42.4. The van der Waals surface area contributed by atoms with Gasteiger partial charge in [0.2, 0.25) is 11.8 Å². The highest BCUT2D eigenvalue weighted by Crippen LogP contribution is 2.54. The summed E-state index contributed by atoms with van der Waals surface area (Å²) in [5.74, 6) is -0.951. The molecule has 3 aromatic rings. The Morgan fingerprint density at radius 3 is 2.64 bits per heavy atom. The minimum Gasteiger partial charge on any atom is -0.467 e. The van der Waals surface area contributed by atoms with Crippen molar-refractivity contribution in [2.75, 3.05) is 19.1 Å². The largest absolute Gasteiger partial charge is 0.467 e. The number of pyridine rings is 1. The molecule has 1 spiro atoms. The Hall–Kier alpha value is -4.27. The highest BCUT2D eigenvalue weighted by atomic mass is 16.5. The van der Waals surface area contributed by atoms with Crippen LogP contribution >= 0.6 is 0 Å². The summed E-state index contributed by atoms with van der Waals surface area (Å²) in [6.07, 6.45) is 1.52. The summed E-state index contributed by atoms with van der Waals surface area (Å²) in [6, 6.07) is 12.1. The first kappa shape index (κ1) is 20.6. The van der Waals surface area contributed by atoms with Crippen molar-refractivity contribution in [2.45, 2.75) is 18.9 Å². The van der Waals surface area contributed by atoms with Crippen molar-refractivity contribution in [1.82, 2.24) is 4.57 Å². The molecule has 4 heterocycles. The van der Waals surface area contributed by atoms with E-state index in [1.165, 1.54) is 22.8 Å². The van der Waals surface area contributed by atoms with Gasteiger partial charge in [-0.25, -0.2) is 4.79 Å². The minimum absolute atomic E-state index is 0.0102. The highest BCUT2D eigenvalue weighted by Gasteiger charge is 2.61. The molecule has 0 bridgehead atoms. The fourth-order valence-electron chi connectivity index (χ4n) is 4.80. The Morgan fingerprint density at radius 1 is 1.18 bits per heavy atom. The van der Waals surface area contributed by atoms with Crippen LogP contribution in [0.15, 0.2) is 69.4 Å². The lowest BCUT2D eigenvalue weighted by Gasteiger charge is -2.35. The lowest BCUT2D eigenvalue weighted by molar-refractivity contribution is -0.138. The van der Waals surface area contributed by atoms with Gasteiger partial charge in [-0.15, -0.1) is 0 Å². The number of methoxy groups -OCH3 is 1. The van der Waals surface area contributed by atoms with E-state index in [-0.39, 0.29) is 29.3 Å². The average molecular weight is 447 g/mol. The molecule has 1 aromatic carbocycles. The molecule has 1 unspecified atom stereocenters. The van der Waals surface area contributed by atoms with Crippen molar-refractivity contribution in [1.29, 1.82) is 0 Å². The minimum atomic E-state index is -1.81. The van der Waals surface area contributed by atoms with E-state index in [2.05, 4.69) is 0 Å². The number of esters is 1. The second-order valence-electron chi connectivity index (χ2n) is 7.96. The van der Waals surface area contributed by atoms with Crippen molar-refractivity contribution in [3.63, 3.8) is 0 Å². The van der Waals surface area contributed by atoms with Crippen LogP contribution in [0.25, 0.3) is 0 Å². The number of carbonyl (C=O) groups is 2. The SMILES string of the molecule is COC(=O)C1=C(N)Oc2cc(C)n(Cc3ccco3)c(=O)c2C12C(=O)N(C)c1ccccc12. The monoisotopic (exact) mass is 447 g/mol. The third kappa shape index (κ3) is 2.62. The topological polar surface area (TPSA) is 117 Å². The fraction of sp³-hybridized carbons (Fsp3) is 0.208. The number of fused-ring (bicyclic) bond motifs is 4. The molecule has 1 amide bonds. The number of amides is 1. The van der Waals surface area contributed by atoms with Crippen LogP contribution in [0.2, 0.25) is 0 Å². The number of benzene rings is 1. The fourth-order valence-corrected chi connectivity index (χ4v) is 4.80. The van der Waals surface area contributed by atoms with Crippen LogP contribution in [0.3, 0.4) is 0 Å². The molecule has 2 aromatic heterocycles. The van der Waals surface area contributed by atoms with Crippen LogP contribution in [0.5, 0.6) is 5.75 Å². The Kier molecular flexibility index (Phi) is 4.45. The van der Waals surface area contributed by atoms with E-state index in [0.29, 0.717) is 22.7 Å². The van der Waals surface area contributed by atoms with Crippen LogP contribution in [0, 0.1) is 6.92 Å². The van der Waals surface area contributed by atoms with Crippen molar-refractivity contribution < 1.29 is 23.5 Å². The van der Waals surface area contributed by atoms with Crippen molar-refractivity contribution >= 4 is 17.6 Å². The molecule has 168 valence electrons. The molecular weight excluding hydrogens is 426 g/mol. The number of carbonyl (C=O) groups excluding carboxylic acids is 2. The second-order valence-corrected chi connectivity index (χ2v) is 7.96. The lowest BCUT2D eigenvalue weighted by atomic mass is 9.68. The molecule has 0 radical (unpaired) electrons. The first-order chi connectivity index (χ1) is 15.8. The normalized spacial score (nSPS) is 18.9. The third-order valence-corrected chi connectivity index (χ3v) is 6.27. The number of ether oxygens (including phenoxy) is 2. The van der Waals surface area contributed by atoms with Crippen LogP contribution in [-0.4, -0.2) is 30.6 Å². The van der Waals surface area contributed by atoms with E-state index in [4.69, 9.17) is 19.6 Å². The summed E-state index contributed by atoms with van der Waals surface area (Å²) >= 11 is 0. The molecule has 5 rings (SSSR count). The predicted octanol–water partition coefficient (Wildman–Crippen LogP) is 1.80. The Bertz CT molecular complexity index is 1400. The van der Waals surface area contributed by atoms with Gasteiger partial charge >= 0.3 is 5.97 Å². The van der Waals surface area contributed by atoms with Gasteiger partial charge < -0.3 is 29.1 Å². The third-order valence-electron chi connectivity index (χ3n) is 6.27. The number of nitrogens with two attached hydrogens (primary N) is 1. The molecular formula is C24H21N3O6. The van der Waals surface area contributed by atoms with Gasteiger partial charge in [-0.05, 0) is 25.1 Å². The van der Waals surface area contributed by atoms with Gasteiger partial charge in [0, 0.05) is 30.1 Å². The molecule has 0 aliphatic carbocycles. The van der Waals surface area contributed by atoms with Gasteiger partial charge in [0.15, 0.2) is 0 Å². The number of furan rings is 1. The Labute approximate surface area is 188 Å². The van der Waals surface area contributed by atoms with Crippen molar-refractivity contribution in [3.8, 4) is 5.75 Å². The van der Waals surface area contributed by atoms with Crippen LogP contribution in [0.1, 0.15) is 22.6 Å². The number of nitrogens with zero attached hydrogens (tertiary/aromatic N) is 2. The summed E-state index contributed by atoms with van der Waals surface area (Å²) in [5.41, 5.74) is 5.27. The highest BCUT2D eigenvalue weighted by molar-refractivity contribution is 6.18. The van der Waals surface area contributed by atoms with E-state index < -0.39 is 22.9 Å². The molecule has 9 nitrogen and oxygen atoms in total. The molecule has 0 saturated carbocycles. The summed E-state index contributed by atoms with van der Waals surface area (Å²) in [7, 11) is 2.77. The average Bonchev–Trinajstić information content (AvgIpc) is 3.39. The molecule has 2 aliphatic rings. The summed E-state index contributed by atoms with van der Waals surface area (Å²) < 4.78 is 17.6. The zero-order valence-corrected chi connectivity index (χ0v) is 18.2. The Balaban J connectivity index is 1.90. The van der Waals surface area contributed by atoms with Crippen LogP contribution in [0.4, 0.5) is 5.69 Å². The van der Waals surface area contributed by atoms with Gasteiger partial charge in [0.05, 0.1) is 25.5 Å². The molecule has 0 fully saturated rings. The van der Waals surface area contributed by atoms with E-state index in [9.17, 15) is 14.4 Å². The number of anilines is 1. The zero-order valence-electron chi connectivity index (χ0n) is 18.2. The first-order valence-electron chi connectivity index (χ1n) is 10.2. The standard InChI is InChI=1S/C24H21N3O6/c1-13-11-17-18(21(28)27(13)12-14-7-6-10-32-14)24(19(20(25)33-17)22(29)31-3)15-8-4-5-9-16(15)26(2)23(24)30/h4-11H,12,25H2,1-3H3. The number of aryl methyl sites for hydroxylation is 1. The maximum Gasteiger partial charge on any atom is 0.340 e. The van der Waals surface area contributed by atoms with Gasteiger partial charge in [-0.1, -0.05) is 18.2 Å². The quantitative estimate of drug-likeness (QED) is 0.609. The van der Waals surface area contributed by atoms with E-state index in [0.717, 1.165) is 0 Å². The maximum absolute atomic E-state index is 14.0. The summed E-state index contributed by atoms with van der Waals surface area (Å²) in [6.45, 7) is 1.88. The van der Waals surface area contributed by atoms with Gasteiger partial charge in [-0.2, -0.15) is 0 Å². The van der Waals surface area contributed by atoms with Crippen LogP contribution < -0.4 is 20.9 Å². The van der Waals surface area contributed by atoms with Crippen molar-refractivity contribution in [3.05, 3.63) is 93.1 Å². The number of rotatable bonds is 3.